The highest BCUT2D eigenvalue weighted by molar-refractivity contribution is 5.72. The zero-order chi connectivity index (χ0) is 9.68. The number of nitrogens with zero attached hydrogens (tertiary/aromatic N) is 1. The standard InChI is InChI=1S/C9H11NO3/c1-2-13-10(7-11)8-3-5-9(12)6-4-8/h3-7,12H,2H2,1H3. The number of anilines is 1. The monoisotopic (exact) mass is 181 g/mol. The van der Waals surface area contributed by atoms with E-state index in [9.17, 15) is 4.79 Å². The molecule has 13 heavy (non-hydrogen) atoms. The number of amides is 1. The van der Waals surface area contributed by atoms with Crippen molar-refractivity contribution < 1.29 is 14.7 Å². The van der Waals surface area contributed by atoms with Crippen LogP contribution < -0.4 is 5.06 Å². The van der Waals surface area contributed by atoms with Gasteiger partial charge in [0, 0.05) is 0 Å². The molecular formula is C9H11NO3. The van der Waals surface area contributed by atoms with Crippen molar-refractivity contribution in [1.29, 1.82) is 0 Å². The first-order valence-electron chi connectivity index (χ1n) is 3.94. The van der Waals surface area contributed by atoms with Crippen LogP contribution in [0.25, 0.3) is 0 Å². The molecular weight excluding hydrogens is 170 g/mol. The second-order valence-electron chi connectivity index (χ2n) is 2.37. The fraction of sp³-hybridized carbons (Fsp3) is 0.222. The number of phenolic OH excluding ortho intramolecular Hbond substituents is 1. The van der Waals surface area contributed by atoms with Gasteiger partial charge in [0.2, 0.25) is 6.41 Å². The van der Waals surface area contributed by atoms with Crippen molar-refractivity contribution in [3.8, 4) is 5.75 Å². The van der Waals surface area contributed by atoms with E-state index in [0.29, 0.717) is 18.7 Å². The summed E-state index contributed by atoms with van der Waals surface area (Å²) in [6, 6.07) is 6.18. The highest BCUT2D eigenvalue weighted by Crippen LogP contribution is 2.17. The predicted molar refractivity (Wildman–Crippen MR) is 48.3 cm³/mol. The summed E-state index contributed by atoms with van der Waals surface area (Å²) in [5.74, 6) is 0.158. The van der Waals surface area contributed by atoms with Crippen LogP contribution in [-0.4, -0.2) is 18.1 Å². The molecule has 0 saturated heterocycles. The van der Waals surface area contributed by atoms with Gasteiger partial charge in [-0.1, -0.05) is 0 Å². The molecule has 1 aromatic rings. The van der Waals surface area contributed by atoms with Crippen LogP contribution in [0.4, 0.5) is 5.69 Å². The fourth-order valence-electron chi connectivity index (χ4n) is 0.904. The zero-order valence-corrected chi connectivity index (χ0v) is 7.30. The SMILES string of the molecule is CCON(C=O)c1ccc(O)cc1. The lowest BCUT2D eigenvalue weighted by Crippen LogP contribution is -2.20. The summed E-state index contributed by atoms with van der Waals surface area (Å²) < 4.78 is 0. The van der Waals surface area contributed by atoms with Crippen LogP contribution in [0.1, 0.15) is 6.92 Å². The molecule has 0 spiro atoms. The molecule has 0 fully saturated rings. The lowest BCUT2D eigenvalue weighted by Gasteiger charge is -2.15. The van der Waals surface area contributed by atoms with E-state index < -0.39 is 0 Å². The van der Waals surface area contributed by atoms with Gasteiger partial charge in [0.05, 0.1) is 12.3 Å². The van der Waals surface area contributed by atoms with E-state index in [1.54, 1.807) is 19.1 Å². The van der Waals surface area contributed by atoms with Crippen LogP contribution in [0.5, 0.6) is 5.75 Å². The Morgan fingerprint density at radius 1 is 1.46 bits per heavy atom. The minimum atomic E-state index is 0.158. The Balaban J connectivity index is 2.79. The third-order valence-corrected chi connectivity index (χ3v) is 1.47. The third-order valence-electron chi connectivity index (χ3n) is 1.47. The molecule has 1 amide bonds. The first-order valence-corrected chi connectivity index (χ1v) is 3.94. The number of rotatable bonds is 4. The molecule has 0 saturated carbocycles. The maximum Gasteiger partial charge on any atom is 0.238 e. The molecule has 0 aliphatic heterocycles. The Kier molecular flexibility index (Phi) is 3.28. The summed E-state index contributed by atoms with van der Waals surface area (Å²) in [5.41, 5.74) is 0.592. The van der Waals surface area contributed by atoms with Gasteiger partial charge in [0.1, 0.15) is 5.75 Å². The number of carbonyl (C=O) groups is 1. The lowest BCUT2D eigenvalue weighted by molar-refractivity contribution is -0.113. The van der Waals surface area contributed by atoms with Gasteiger partial charge in [-0.25, -0.2) is 0 Å². The van der Waals surface area contributed by atoms with Gasteiger partial charge < -0.3 is 5.11 Å². The molecule has 0 atom stereocenters. The molecule has 4 heteroatoms. The van der Waals surface area contributed by atoms with Gasteiger partial charge in [-0.2, -0.15) is 5.06 Å². The number of benzene rings is 1. The Morgan fingerprint density at radius 3 is 2.54 bits per heavy atom. The van der Waals surface area contributed by atoms with Crippen molar-refractivity contribution in [3.05, 3.63) is 24.3 Å². The van der Waals surface area contributed by atoms with Crippen molar-refractivity contribution in [1.82, 2.24) is 0 Å². The molecule has 1 rings (SSSR count). The van der Waals surface area contributed by atoms with Crippen molar-refractivity contribution in [3.63, 3.8) is 0 Å². The molecule has 70 valence electrons. The van der Waals surface area contributed by atoms with E-state index in [4.69, 9.17) is 9.94 Å². The van der Waals surface area contributed by atoms with Crippen molar-refractivity contribution >= 4 is 12.1 Å². The van der Waals surface area contributed by atoms with Gasteiger partial charge in [0.25, 0.3) is 0 Å². The molecule has 0 aliphatic rings. The summed E-state index contributed by atoms with van der Waals surface area (Å²) in [6.07, 6.45) is 0.579. The predicted octanol–water partition coefficient (Wildman–Crippen LogP) is 1.31. The Morgan fingerprint density at radius 2 is 2.08 bits per heavy atom. The number of carbonyl (C=O) groups excluding carboxylic acids is 1. The number of hydroxylamine groups is 1. The van der Waals surface area contributed by atoms with Crippen LogP contribution in [0.2, 0.25) is 0 Å². The van der Waals surface area contributed by atoms with Gasteiger partial charge in [-0.15, -0.1) is 0 Å². The Labute approximate surface area is 76.3 Å². The first-order chi connectivity index (χ1) is 6.27. The van der Waals surface area contributed by atoms with E-state index in [2.05, 4.69) is 0 Å². The Bertz CT molecular complexity index is 271. The molecule has 1 aromatic carbocycles. The normalized spacial score (nSPS) is 9.62. The van der Waals surface area contributed by atoms with E-state index in [-0.39, 0.29) is 5.75 Å². The average molecular weight is 181 g/mol. The quantitative estimate of drug-likeness (QED) is 0.562. The zero-order valence-electron chi connectivity index (χ0n) is 7.30. The molecule has 0 aliphatic carbocycles. The number of aromatic hydroxyl groups is 1. The Hall–Kier alpha value is -1.55. The first kappa shape index (κ1) is 9.54. The second kappa shape index (κ2) is 4.47. The molecule has 0 unspecified atom stereocenters. The van der Waals surface area contributed by atoms with Crippen molar-refractivity contribution in [2.75, 3.05) is 11.7 Å². The van der Waals surface area contributed by atoms with E-state index in [1.165, 1.54) is 12.1 Å². The van der Waals surface area contributed by atoms with Crippen molar-refractivity contribution in [2.24, 2.45) is 0 Å². The smallest absolute Gasteiger partial charge is 0.238 e. The molecule has 0 radical (unpaired) electrons. The van der Waals surface area contributed by atoms with E-state index >= 15 is 0 Å². The van der Waals surface area contributed by atoms with Crippen LogP contribution in [0.15, 0.2) is 24.3 Å². The molecule has 4 nitrogen and oxygen atoms in total. The maximum atomic E-state index is 10.5. The number of hydrogen-bond donors (Lipinski definition) is 1. The molecule has 0 aromatic heterocycles. The molecule has 0 heterocycles. The summed E-state index contributed by atoms with van der Waals surface area (Å²) in [4.78, 5) is 15.5. The minimum absolute atomic E-state index is 0.158. The van der Waals surface area contributed by atoms with Crippen LogP contribution in [0.3, 0.4) is 0 Å². The maximum absolute atomic E-state index is 10.5. The van der Waals surface area contributed by atoms with Crippen LogP contribution in [0, 0.1) is 0 Å². The van der Waals surface area contributed by atoms with Gasteiger partial charge in [-0.05, 0) is 31.2 Å². The van der Waals surface area contributed by atoms with Crippen LogP contribution in [-0.2, 0) is 9.63 Å². The second-order valence-corrected chi connectivity index (χ2v) is 2.37. The topological polar surface area (TPSA) is 49.8 Å². The average Bonchev–Trinajstić information content (AvgIpc) is 2.16. The summed E-state index contributed by atoms with van der Waals surface area (Å²) >= 11 is 0. The summed E-state index contributed by atoms with van der Waals surface area (Å²) in [6.45, 7) is 2.20. The van der Waals surface area contributed by atoms with Gasteiger partial charge in [-0.3, -0.25) is 9.63 Å². The largest absolute Gasteiger partial charge is 0.508 e. The minimum Gasteiger partial charge on any atom is -0.508 e. The van der Waals surface area contributed by atoms with Crippen LogP contribution >= 0.6 is 0 Å². The van der Waals surface area contributed by atoms with Gasteiger partial charge >= 0.3 is 0 Å². The number of hydrogen-bond acceptors (Lipinski definition) is 3. The highest BCUT2D eigenvalue weighted by Gasteiger charge is 2.03. The van der Waals surface area contributed by atoms with Gasteiger partial charge in [0.15, 0.2) is 0 Å². The van der Waals surface area contributed by atoms with E-state index in [0.717, 1.165) is 5.06 Å². The summed E-state index contributed by atoms with van der Waals surface area (Å²) in [5, 5.41) is 10.1. The summed E-state index contributed by atoms with van der Waals surface area (Å²) in [7, 11) is 0. The number of phenols is 1. The lowest BCUT2D eigenvalue weighted by atomic mass is 10.3. The highest BCUT2D eigenvalue weighted by atomic mass is 16.7. The third kappa shape index (κ3) is 2.45. The van der Waals surface area contributed by atoms with E-state index in [1.807, 2.05) is 0 Å². The molecule has 0 bridgehead atoms. The van der Waals surface area contributed by atoms with Crippen molar-refractivity contribution in [2.45, 2.75) is 6.92 Å². The fourth-order valence-corrected chi connectivity index (χ4v) is 0.904. The molecule has 1 N–H and O–H groups in total.